The van der Waals surface area contributed by atoms with Gasteiger partial charge in [0.25, 0.3) is 0 Å². The zero-order valence-corrected chi connectivity index (χ0v) is 33.6. The lowest BCUT2D eigenvalue weighted by atomic mass is 9.85. The summed E-state index contributed by atoms with van der Waals surface area (Å²) in [5, 5.41) is 1.18. The van der Waals surface area contributed by atoms with E-state index in [-0.39, 0.29) is 12.0 Å². The Bertz CT molecular complexity index is 3200. The number of benzene rings is 8. The number of aromatic nitrogens is 4. The van der Waals surface area contributed by atoms with Crippen LogP contribution in [-0.4, -0.2) is 19.5 Å². The van der Waals surface area contributed by atoms with Crippen LogP contribution in [0.5, 0.6) is 5.75 Å². The fraction of sp³-hybridized carbons (Fsp3) is 0.0351. The van der Waals surface area contributed by atoms with Crippen LogP contribution in [0.3, 0.4) is 0 Å². The summed E-state index contributed by atoms with van der Waals surface area (Å²) in [7, 11) is 0. The third-order valence-electron chi connectivity index (χ3n) is 12.3. The summed E-state index contributed by atoms with van der Waals surface area (Å²) in [6.07, 6.45) is 4.37. The smallest absolute Gasteiger partial charge is 0.167 e. The van der Waals surface area contributed by atoms with Crippen LogP contribution >= 0.6 is 0 Å². The molecule has 0 spiro atoms. The number of para-hydroxylation sites is 2. The summed E-state index contributed by atoms with van der Waals surface area (Å²) in [5.74, 6) is 2.61. The summed E-state index contributed by atoms with van der Waals surface area (Å²) >= 11 is 0. The van der Waals surface area contributed by atoms with Crippen molar-refractivity contribution >= 4 is 17.0 Å². The maximum Gasteiger partial charge on any atom is 0.167 e. The van der Waals surface area contributed by atoms with Crippen LogP contribution in [0.15, 0.2) is 212 Å². The molecule has 2 atom stereocenters. The number of fused-ring (bicyclic) bond motifs is 7. The lowest BCUT2D eigenvalue weighted by molar-refractivity contribution is 0.225. The minimum atomic E-state index is -0.230. The molecule has 0 amide bonds. The van der Waals surface area contributed by atoms with Gasteiger partial charge in [-0.2, -0.15) is 0 Å². The van der Waals surface area contributed by atoms with Crippen molar-refractivity contribution in [3.63, 3.8) is 0 Å². The SMILES string of the molecule is C1=CC2c3cccc(-c4nc(-c5ccc(-c6ccccc6)cc5)nc(-c5ccc(-c6ccccc6)cc5)n4)c3OC2c2c1n(-c1cccc(-c3ccccc3)c1)c1ccccc21. The van der Waals surface area contributed by atoms with Gasteiger partial charge in [-0.1, -0.05) is 188 Å². The molecule has 0 bridgehead atoms. The Morgan fingerprint density at radius 2 is 0.919 bits per heavy atom. The van der Waals surface area contributed by atoms with Crippen LogP contribution in [0.2, 0.25) is 0 Å². The number of ether oxygens (including phenoxy) is 1. The molecule has 3 heterocycles. The van der Waals surface area contributed by atoms with Gasteiger partial charge in [-0.05, 0) is 63.7 Å². The van der Waals surface area contributed by atoms with Gasteiger partial charge < -0.3 is 9.30 Å². The van der Waals surface area contributed by atoms with E-state index in [0.717, 1.165) is 67.2 Å². The molecule has 10 aromatic rings. The molecule has 0 saturated heterocycles. The van der Waals surface area contributed by atoms with Crippen LogP contribution in [0, 0.1) is 0 Å². The second-order valence-electron chi connectivity index (χ2n) is 15.9. The van der Waals surface area contributed by atoms with Gasteiger partial charge in [-0.15, -0.1) is 0 Å². The monoisotopic (exact) mass is 794 g/mol. The Morgan fingerprint density at radius 3 is 1.55 bits per heavy atom. The lowest BCUT2D eigenvalue weighted by Crippen LogP contribution is -2.13. The third-order valence-corrected chi connectivity index (χ3v) is 12.3. The zero-order valence-electron chi connectivity index (χ0n) is 33.6. The van der Waals surface area contributed by atoms with E-state index in [1.54, 1.807) is 0 Å². The van der Waals surface area contributed by atoms with E-state index in [1.807, 2.05) is 12.1 Å². The average molecular weight is 795 g/mol. The first-order valence-electron chi connectivity index (χ1n) is 21.1. The highest BCUT2D eigenvalue weighted by Gasteiger charge is 2.41. The van der Waals surface area contributed by atoms with E-state index >= 15 is 0 Å². The van der Waals surface area contributed by atoms with E-state index in [1.165, 1.54) is 22.1 Å². The molecule has 1 aliphatic heterocycles. The first-order valence-corrected chi connectivity index (χ1v) is 21.1. The van der Waals surface area contributed by atoms with Gasteiger partial charge in [0.05, 0.1) is 16.8 Å². The van der Waals surface area contributed by atoms with Gasteiger partial charge in [0.15, 0.2) is 17.5 Å². The quantitative estimate of drug-likeness (QED) is 0.161. The van der Waals surface area contributed by atoms with Crippen LogP contribution in [0.25, 0.3) is 90.2 Å². The molecule has 1 aliphatic carbocycles. The maximum absolute atomic E-state index is 7.23. The predicted octanol–water partition coefficient (Wildman–Crippen LogP) is 14.1. The Hall–Kier alpha value is -8.15. The minimum Gasteiger partial charge on any atom is -0.484 e. The molecule has 2 unspecified atom stereocenters. The van der Waals surface area contributed by atoms with Crippen molar-refractivity contribution in [2.75, 3.05) is 0 Å². The topological polar surface area (TPSA) is 52.8 Å². The van der Waals surface area contributed by atoms with E-state index < -0.39 is 0 Å². The molecule has 5 heteroatoms. The minimum absolute atomic E-state index is 0.0178. The Balaban J connectivity index is 0.964. The number of rotatable bonds is 7. The molecule has 0 saturated carbocycles. The standard InChI is InChI=1S/C57H38N4O/c1-4-14-37(15-5-1)40-26-30-42(31-27-40)55-58-56(43-32-28-41(29-33-43)38-16-6-2-7-17-38)60-57(59-55)49-24-13-23-46-47-34-35-51-52(54(47)62-53(46)49)48-22-10-11-25-50(48)61(51)45-21-12-20-44(36-45)39-18-8-3-9-19-39/h1-36,47,54H. The van der Waals surface area contributed by atoms with Crippen molar-refractivity contribution in [1.82, 2.24) is 19.5 Å². The molecule has 62 heavy (non-hydrogen) atoms. The molecule has 0 radical (unpaired) electrons. The molecule has 292 valence electrons. The number of hydrogen-bond acceptors (Lipinski definition) is 4. The van der Waals surface area contributed by atoms with Crippen LogP contribution in [-0.2, 0) is 0 Å². The number of nitrogens with zero attached hydrogens (tertiary/aromatic N) is 4. The van der Waals surface area contributed by atoms with Crippen LogP contribution < -0.4 is 4.74 Å². The molecular weight excluding hydrogens is 757 g/mol. The second-order valence-corrected chi connectivity index (χ2v) is 15.9. The van der Waals surface area contributed by atoms with E-state index in [0.29, 0.717) is 17.5 Å². The second kappa shape index (κ2) is 14.8. The van der Waals surface area contributed by atoms with Gasteiger partial charge in [0.1, 0.15) is 11.9 Å². The first kappa shape index (κ1) is 35.8. The van der Waals surface area contributed by atoms with Gasteiger partial charge in [-0.25, -0.2) is 15.0 Å². The van der Waals surface area contributed by atoms with Crippen molar-refractivity contribution < 1.29 is 4.74 Å². The molecule has 2 aliphatic rings. The maximum atomic E-state index is 7.23. The van der Waals surface area contributed by atoms with Gasteiger partial charge >= 0.3 is 0 Å². The summed E-state index contributed by atoms with van der Waals surface area (Å²) in [5.41, 5.74) is 15.3. The third kappa shape index (κ3) is 6.13. The molecular formula is C57H38N4O. The molecule has 5 nitrogen and oxygen atoms in total. The fourth-order valence-electron chi connectivity index (χ4n) is 9.25. The summed E-state index contributed by atoms with van der Waals surface area (Å²) in [6.45, 7) is 0. The highest BCUT2D eigenvalue weighted by atomic mass is 16.5. The first-order chi connectivity index (χ1) is 30.7. The number of hydrogen-bond donors (Lipinski definition) is 0. The van der Waals surface area contributed by atoms with Crippen molar-refractivity contribution in [2.45, 2.75) is 12.0 Å². The van der Waals surface area contributed by atoms with E-state index in [4.69, 9.17) is 19.7 Å². The van der Waals surface area contributed by atoms with Gasteiger partial charge in [-0.3, -0.25) is 0 Å². The summed E-state index contributed by atoms with van der Waals surface area (Å²) in [6, 6.07) is 72.2. The van der Waals surface area contributed by atoms with E-state index in [9.17, 15) is 0 Å². The predicted molar refractivity (Wildman–Crippen MR) is 251 cm³/mol. The van der Waals surface area contributed by atoms with Crippen molar-refractivity contribution in [1.29, 1.82) is 0 Å². The van der Waals surface area contributed by atoms with Crippen molar-refractivity contribution in [2.24, 2.45) is 0 Å². The largest absolute Gasteiger partial charge is 0.484 e. The molecule has 12 rings (SSSR count). The Morgan fingerprint density at radius 1 is 0.419 bits per heavy atom. The van der Waals surface area contributed by atoms with E-state index in [2.05, 4.69) is 211 Å². The highest BCUT2D eigenvalue weighted by molar-refractivity contribution is 5.92. The van der Waals surface area contributed by atoms with Crippen molar-refractivity contribution in [3.8, 4) is 79.0 Å². The van der Waals surface area contributed by atoms with Crippen molar-refractivity contribution in [3.05, 3.63) is 229 Å². The summed E-state index contributed by atoms with van der Waals surface area (Å²) in [4.78, 5) is 15.5. The van der Waals surface area contributed by atoms with Gasteiger partial charge in [0, 0.05) is 39.2 Å². The molecule has 0 N–H and O–H groups in total. The Labute approximate surface area is 360 Å². The lowest BCUT2D eigenvalue weighted by Gasteiger charge is -2.22. The Kier molecular flexibility index (Phi) is 8.56. The molecule has 2 aromatic heterocycles. The average Bonchev–Trinajstić information content (AvgIpc) is 3.91. The fourth-order valence-corrected chi connectivity index (χ4v) is 9.25. The molecule has 8 aromatic carbocycles. The zero-order chi connectivity index (χ0) is 41.0. The van der Waals surface area contributed by atoms with Crippen LogP contribution in [0.4, 0.5) is 0 Å². The van der Waals surface area contributed by atoms with Gasteiger partial charge in [0.2, 0.25) is 0 Å². The normalized spacial score (nSPS) is 14.8. The molecule has 0 fully saturated rings. The summed E-state index contributed by atoms with van der Waals surface area (Å²) < 4.78 is 9.61. The van der Waals surface area contributed by atoms with Crippen LogP contribution in [0.1, 0.15) is 28.8 Å². The highest BCUT2D eigenvalue weighted by Crippen LogP contribution is 2.55.